The van der Waals surface area contributed by atoms with Gasteiger partial charge in [0.15, 0.2) is 0 Å². The third-order valence-corrected chi connectivity index (χ3v) is 6.02. The molecule has 0 aromatic rings. The van der Waals surface area contributed by atoms with Crippen LogP contribution in [0.3, 0.4) is 0 Å². The molecule has 0 amide bonds. The lowest BCUT2D eigenvalue weighted by atomic mass is 9.88. The first-order valence-electron chi connectivity index (χ1n) is 9.23. The number of hydrogen-bond acceptors (Lipinski definition) is 4. The van der Waals surface area contributed by atoms with Gasteiger partial charge in [-0.15, -0.1) is 0 Å². The molecule has 0 aliphatic carbocycles. The molecule has 2 aliphatic rings. The monoisotopic (exact) mass is 310 g/mol. The summed E-state index contributed by atoms with van der Waals surface area (Å²) in [6.07, 6.45) is 4.77. The van der Waals surface area contributed by atoms with Crippen LogP contribution in [0, 0.1) is 0 Å². The topological polar surface area (TPSA) is 44.5 Å². The Kier molecular flexibility index (Phi) is 5.92. The zero-order valence-corrected chi connectivity index (χ0v) is 15.5. The van der Waals surface area contributed by atoms with Gasteiger partial charge in [-0.25, -0.2) is 0 Å². The summed E-state index contributed by atoms with van der Waals surface area (Å²) in [5, 5.41) is 3.88. The van der Waals surface area contributed by atoms with Crippen molar-refractivity contribution in [2.75, 3.05) is 32.7 Å². The molecule has 0 saturated carbocycles. The van der Waals surface area contributed by atoms with Gasteiger partial charge in [0.05, 0.1) is 0 Å². The third kappa shape index (κ3) is 4.92. The summed E-state index contributed by atoms with van der Waals surface area (Å²) in [6.45, 7) is 17.4. The lowest BCUT2D eigenvalue weighted by molar-refractivity contribution is 0.0977. The van der Waals surface area contributed by atoms with E-state index in [0.29, 0.717) is 17.6 Å². The third-order valence-electron chi connectivity index (χ3n) is 6.02. The van der Waals surface area contributed by atoms with Gasteiger partial charge in [-0.3, -0.25) is 4.90 Å². The normalized spacial score (nSPS) is 28.0. The van der Waals surface area contributed by atoms with Gasteiger partial charge in [0.1, 0.15) is 0 Å². The highest BCUT2D eigenvalue weighted by Gasteiger charge is 2.32. The van der Waals surface area contributed by atoms with Crippen molar-refractivity contribution in [1.29, 1.82) is 0 Å². The van der Waals surface area contributed by atoms with E-state index in [0.717, 1.165) is 32.5 Å². The van der Waals surface area contributed by atoms with Gasteiger partial charge in [-0.05, 0) is 60.3 Å². The summed E-state index contributed by atoms with van der Waals surface area (Å²) in [4.78, 5) is 5.20. The van der Waals surface area contributed by atoms with Crippen LogP contribution < -0.4 is 11.1 Å². The maximum Gasteiger partial charge on any atom is 0.0192 e. The summed E-state index contributed by atoms with van der Waals surface area (Å²) in [7, 11) is 0. The molecule has 2 fully saturated rings. The number of nitrogens with zero attached hydrogens (tertiary/aromatic N) is 2. The fourth-order valence-electron chi connectivity index (χ4n) is 3.71. The second-order valence-electron chi connectivity index (χ2n) is 8.61. The zero-order valence-electron chi connectivity index (χ0n) is 15.5. The van der Waals surface area contributed by atoms with Crippen molar-refractivity contribution >= 4 is 0 Å². The lowest BCUT2D eigenvalue weighted by Gasteiger charge is -2.44. The highest BCUT2D eigenvalue weighted by atomic mass is 15.2. The van der Waals surface area contributed by atoms with E-state index in [1.54, 1.807) is 0 Å². The van der Waals surface area contributed by atoms with Crippen molar-refractivity contribution in [3.8, 4) is 0 Å². The minimum atomic E-state index is 0.0549. The number of piperidine rings is 2. The van der Waals surface area contributed by atoms with E-state index < -0.39 is 0 Å². The van der Waals surface area contributed by atoms with Gasteiger partial charge >= 0.3 is 0 Å². The van der Waals surface area contributed by atoms with Crippen molar-refractivity contribution < 1.29 is 0 Å². The smallest absolute Gasteiger partial charge is 0.0192 e. The van der Waals surface area contributed by atoms with E-state index in [2.05, 4.69) is 49.7 Å². The minimum absolute atomic E-state index is 0.0549. The molecule has 1 atom stereocenters. The fraction of sp³-hybridized carbons (Fsp3) is 1.00. The van der Waals surface area contributed by atoms with Crippen LogP contribution in [0.2, 0.25) is 0 Å². The van der Waals surface area contributed by atoms with Crippen LogP contribution in [-0.2, 0) is 0 Å². The van der Waals surface area contributed by atoms with E-state index in [9.17, 15) is 0 Å². The molecule has 0 aromatic carbocycles. The quantitative estimate of drug-likeness (QED) is 0.816. The van der Waals surface area contributed by atoms with Gasteiger partial charge in [0.25, 0.3) is 0 Å². The SMILES string of the molecule is CC(C)N1CCC(C)(NCC(C)N2CCC(C)(N)CC2)CC1. The average Bonchev–Trinajstić information content (AvgIpc) is 2.45. The maximum absolute atomic E-state index is 6.24. The number of nitrogens with one attached hydrogen (secondary N) is 1. The Morgan fingerprint density at radius 2 is 1.41 bits per heavy atom. The molecule has 0 aromatic heterocycles. The zero-order chi connectivity index (χ0) is 16.4. The second-order valence-corrected chi connectivity index (χ2v) is 8.61. The number of hydrogen-bond donors (Lipinski definition) is 2. The molecule has 4 nitrogen and oxygen atoms in total. The van der Waals surface area contributed by atoms with Gasteiger partial charge in [-0.2, -0.15) is 0 Å². The maximum atomic E-state index is 6.24. The Morgan fingerprint density at radius 3 is 1.91 bits per heavy atom. The first-order valence-corrected chi connectivity index (χ1v) is 9.23. The number of likely N-dealkylation sites (tertiary alicyclic amines) is 2. The lowest BCUT2D eigenvalue weighted by Crippen LogP contribution is -2.57. The second kappa shape index (κ2) is 7.16. The Labute approximate surface area is 137 Å². The highest BCUT2D eigenvalue weighted by Crippen LogP contribution is 2.24. The molecule has 2 heterocycles. The van der Waals surface area contributed by atoms with Crippen LogP contribution in [0.4, 0.5) is 0 Å². The minimum Gasteiger partial charge on any atom is -0.325 e. The standard InChI is InChI=1S/C18H38N4/c1-15(2)21-12-8-18(5,9-13-21)20-14-16(3)22-10-6-17(4,19)7-11-22/h15-16,20H,6-14,19H2,1-5H3. The van der Waals surface area contributed by atoms with Crippen molar-refractivity contribution in [1.82, 2.24) is 15.1 Å². The van der Waals surface area contributed by atoms with Gasteiger partial charge in [-0.1, -0.05) is 0 Å². The van der Waals surface area contributed by atoms with Gasteiger partial charge < -0.3 is 16.0 Å². The molecular formula is C18H38N4. The van der Waals surface area contributed by atoms with Crippen molar-refractivity contribution in [3.05, 3.63) is 0 Å². The Balaban J connectivity index is 1.73. The largest absolute Gasteiger partial charge is 0.325 e. The predicted octanol–water partition coefficient (Wildman–Crippen LogP) is 2.04. The van der Waals surface area contributed by atoms with Gasteiger partial charge in [0, 0.05) is 55.9 Å². The fourth-order valence-corrected chi connectivity index (χ4v) is 3.71. The van der Waals surface area contributed by atoms with Crippen molar-refractivity contribution in [3.63, 3.8) is 0 Å². The molecule has 1 unspecified atom stereocenters. The van der Waals surface area contributed by atoms with Crippen LogP contribution in [-0.4, -0.2) is 65.7 Å². The van der Waals surface area contributed by atoms with Gasteiger partial charge in [0.2, 0.25) is 0 Å². The van der Waals surface area contributed by atoms with E-state index in [4.69, 9.17) is 5.73 Å². The van der Waals surface area contributed by atoms with Crippen LogP contribution in [0.15, 0.2) is 0 Å². The number of nitrogens with two attached hydrogens (primary N) is 1. The molecule has 0 spiro atoms. The average molecular weight is 311 g/mol. The molecule has 0 radical (unpaired) electrons. The van der Waals surface area contributed by atoms with E-state index in [1.807, 2.05) is 0 Å². The molecule has 4 heteroatoms. The van der Waals surface area contributed by atoms with Crippen LogP contribution >= 0.6 is 0 Å². The first kappa shape index (κ1) is 18.2. The summed E-state index contributed by atoms with van der Waals surface area (Å²) in [6, 6.07) is 1.29. The van der Waals surface area contributed by atoms with Crippen molar-refractivity contribution in [2.24, 2.45) is 5.73 Å². The summed E-state index contributed by atoms with van der Waals surface area (Å²) in [5.74, 6) is 0. The summed E-state index contributed by atoms with van der Waals surface area (Å²) in [5.41, 5.74) is 6.61. The molecule has 0 bridgehead atoms. The Bertz CT molecular complexity index is 335. The van der Waals surface area contributed by atoms with Crippen LogP contribution in [0.5, 0.6) is 0 Å². The molecule has 130 valence electrons. The van der Waals surface area contributed by atoms with E-state index >= 15 is 0 Å². The molecule has 2 aliphatic heterocycles. The van der Waals surface area contributed by atoms with Crippen LogP contribution in [0.1, 0.15) is 60.3 Å². The Morgan fingerprint density at radius 1 is 0.909 bits per heavy atom. The molecular weight excluding hydrogens is 272 g/mol. The van der Waals surface area contributed by atoms with Crippen LogP contribution in [0.25, 0.3) is 0 Å². The number of rotatable bonds is 5. The van der Waals surface area contributed by atoms with E-state index in [1.165, 1.54) is 25.9 Å². The highest BCUT2D eigenvalue weighted by molar-refractivity contribution is 4.92. The predicted molar refractivity (Wildman–Crippen MR) is 95.2 cm³/mol. The molecule has 22 heavy (non-hydrogen) atoms. The summed E-state index contributed by atoms with van der Waals surface area (Å²) >= 11 is 0. The van der Waals surface area contributed by atoms with Crippen molar-refractivity contribution in [2.45, 2.75) is 83.5 Å². The molecule has 2 saturated heterocycles. The summed E-state index contributed by atoms with van der Waals surface area (Å²) < 4.78 is 0. The first-order chi connectivity index (χ1) is 10.2. The van der Waals surface area contributed by atoms with E-state index in [-0.39, 0.29) is 5.54 Å². The molecule has 3 N–H and O–H groups in total. The molecule has 2 rings (SSSR count). The Hall–Kier alpha value is -0.160.